The van der Waals surface area contributed by atoms with Crippen LogP contribution in [0.2, 0.25) is 0 Å². The van der Waals surface area contributed by atoms with Gasteiger partial charge in [-0.1, -0.05) is 360 Å². The summed E-state index contributed by atoms with van der Waals surface area (Å²) in [6.45, 7) is 6.13. The molecule has 0 nitrogen and oxygen atoms in total. The van der Waals surface area contributed by atoms with E-state index in [0.29, 0.717) is 0 Å². The summed E-state index contributed by atoms with van der Waals surface area (Å²) in [6, 6.07) is 0. The number of hydrogen-bond acceptors (Lipinski definition) is 0. The maximum Gasteiger partial charge on any atom is -0.0353 e. The zero-order chi connectivity index (χ0) is 42.3. The molecule has 0 aliphatic heterocycles. The normalized spacial score (nSPS) is 11.6. The van der Waals surface area contributed by atoms with Crippen molar-refractivity contribution < 1.29 is 0 Å². The Labute approximate surface area is 377 Å². The molecule has 354 valence electrons. The van der Waals surface area contributed by atoms with Crippen LogP contribution in [0.4, 0.5) is 0 Å². The lowest BCUT2D eigenvalue weighted by molar-refractivity contribution is 0.507. The summed E-state index contributed by atoms with van der Waals surface area (Å²) in [7, 11) is 0. The van der Waals surface area contributed by atoms with E-state index in [1.54, 1.807) is 0 Å². The van der Waals surface area contributed by atoms with E-state index < -0.39 is 0 Å². The van der Waals surface area contributed by atoms with Gasteiger partial charge in [0.15, 0.2) is 0 Å². The molecule has 59 heavy (non-hydrogen) atoms. The predicted octanol–water partition coefficient (Wildman–Crippen LogP) is 23.0. The van der Waals surface area contributed by atoms with Crippen LogP contribution in [-0.2, 0) is 0 Å². The van der Waals surface area contributed by atoms with Gasteiger partial charge in [-0.15, -0.1) is 6.58 Å². The Balaban J connectivity index is 3.06. The van der Waals surface area contributed by atoms with Gasteiger partial charge in [-0.3, -0.25) is 0 Å². The molecule has 0 rings (SSSR count). The summed E-state index contributed by atoms with van der Waals surface area (Å²) in [4.78, 5) is 0. The summed E-state index contributed by atoms with van der Waals surface area (Å²) in [5.74, 6) is 0. The average Bonchev–Trinajstić information content (AvgIpc) is 3.25. The largest absolute Gasteiger partial charge is 0.103 e. The highest BCUT2D eigenvalue weighted by Gasteiger charge is 1.99. The Morgan fingerprint density at radius 2 is 0.271 bits per heavy atom. The number of hydrogen-bond donors (Lipinski definition) is 0. The van der Waals surface area contributed by atoms with Crippen molar-refractivity contribution in [1.82, 2.24) is 0 Å². The molecule has 0 aliphatic rings. The SMILES string of the molecule is C=CCCCCCCCCCCCCCCCCCCCCCCCCCCCCCCCCCCCCCCCCCCCCCCCCCCCCCCCCC. The average molecular weight is 828 g/mol. The first-order valence-corrected chi connectivity index (χ1v) is 29.0. The maximum absolute atomic E-state index is 3.82. The van der Waals surface area contributed by atoms with E-state index in [0.717, 1.165) is 0 Å². The van der Waals surface area contributed by atoms with Gasteiger partial charge in [0.2, 0.25) is 0 Å². The first-order valence-electron chi connectivity index (χ1n) is 29.0. The monoisotopic (exact) mass is 827 g/mol. The molecule has 0 saturated carbocycles. The molecule has 0 aromatic carbocycles. The third kappa shape index (κ3) is 57.7. The van der Waals surface area contributed by atoms with E-state index in [1.807, 2.05) is 0 Å². The molecule has 0 bridgehead atoms. The van der Waals surface area contributed by atoms with Crippen molar-refractivity contribution >= 4 is 0 Å². The summed E-state index contributed by atoms with van der Waals surface area (Å²) < 4.78 is 0. The highest BCUT2D eigenvalue weighted by molar-refractivity contribution is 4.65. The first-order chi connectivity index (χ1) is 29.4. The number of unbranched alkanes of at least 4 members (excludes halogenated alkanes) is 55. The van der Waals surface area contributed by atoms with Crippen molar-refractivity contribution in [1.29, 1.82) is 0 Å². The lowest BCUT2D eigenvalue weighted by Gasteiger charge is -2.05. The van der Waals surface area contributed by atoms with E-state index >= 15 is 0 Å². The van der Waals surface area contributed by atoms with Crippen LogP contribution in [0.1, 0.15) is 366 Å². The van der Waals surface area contributed by atoms with Crippen LogP contribution in [-0.4, -0.2) is 0 Å². The fourth-order valence-corrected chi connectivity index (χ4v) is 9.73. The number of allylic oxidation sites excluding steroid dienone is 1. The molecule has 0 aromatic heterocycles. The van der Waals surface area contributed by atoms with E-state index in [4.69, 9.17) is 0 Å². The molecule has 0 radical (unpaired) electrons. The van der Waals surface area contributed by atoms with Crippen molar-refractivity contribution in [2.75, 3.05) is 0 Å². The Hall–Kier alpha value is -0.260. The van der Waals surface area contributed by atoms with Crippen LogP contribution < -0.4 is 0 Å². The van der Waals surface area contributed by atoms with Crippen molar-refractivity contribution in [3.8, 4) is 0 Å². The molecule has 0 spiro atoms. The molecule has 0 amide bonds. The quantitative estimate of drug-likeness (QED) is 0.0423. The van der Waals surface area contributed by atoms with Crippen molar-refractivity contribution in [3.63, 3.8) is 0 Å². The van der Waals surface area contributed by atoms with Crippen LogP contribution >= 0.6 is 0 Å². The van der Waals surface area contributed by atoms with Gasteiger partial charge in [0.1, 0.15) is 0 Å². The van der Waals surface area contributed by atoms with Crippen LogP contribution in [0, 0.1) is 0 Å². The van der Waals surface area contributed by atoms with Gasteiger partial charge in [-0.2, -0.15) is 0 Å². The fourth-order valence-electron chi connectivity index (χ4n) is 9.73. The standard InChI is InChI=1S/C59H118/c1-3-5-7-9-11-13-15-17-19-21-23-25-27-29-31-33-35-37-39-41-43-45-47-49-51-53-55-57-59-58-56-54-52-50-48-46-44-42-40-38-36-34-32-30-28-26-24-22-20-18-16-14-12-10-8-6-4-2/h3H,1,4-59H2,2H3. The van der Waals surface area contributed by atoms with Gasteiger partial charge < -0.3 is 0 Å². The molecule has 0 saturated heterocycles. The van der Waals surface area contributed by atoms with Gasteiger partial charge in [0, 0.05) is 0 Å². The van der Waals surface area contributed by atoms with Crippen molar-refractivity contribution in [2.45, 2.75) is 366 Å². The first kappa shape index (κ1) is 58.7. The summed E-state index contributed by atoms with van der Waals surface area (Å²) in [5.41, 5.74) is 0. The van der Waals surface area contributed by atoms with Gasteiger partial charge in [0.05, 0.1) is 0 Å². The smallest absolute Gasteiger partial charge is 0.0353 e. The molecule has 0 aliphatic carbocycles. The highest BCUT2D eigenvalue weighted by atomic mass is 14.1. The molecule has 0 N–H and O–H groups in total. The van der Waals surface area contributed by atoms with Gasteiger partial charge in [0.25, 0.3) is 0 Å². The lowest BCUT2D eigenvalue weighted by Crippen LogP contribution is -1.85. The molecule has 0 aromatic rings. The third-order valence-electron chi connectivity index (χ3n) is 14.0. The second kappa shape index (κ2) is 57.7. The predicted molar refractivity (Wildman–Crippen MR) is 274 cm³/mol. The van der Waals surface area contributed by atoms with E-state index in [-0.39, 0.29) is 0 Å². The Morgan fingerprint density at radius 3 is 0.373 bits per heavy atom. The molecule has 0 atom stereocenters. The summed E-state index contributed by atoms with van der Waals surface area (Å²) in [6.07, 6.45) is 84.9. The van der Waals surface area contributed by atoms with E-state index in [1.165, 1.54) is 360 Å². The van der Waals surface area contributed by atoms with Crippen molar-refractivity contribution in [3.05, 3.63) is 12.7 Å². The maximum atomic E-state index is 3.82. The second-order valence-electron chi connectivity index (χ2n) is 20.2. The Bertz CT molecular complexity index is 692. The zero-order valence-corrected chi connectivity index (χ0v) is 41.9. The van der Waals surface area contributed by atoms with Gasteiger partial charge in [-0.05, 0) is 12.8 Å². The molecule has 0 unspecified atom stereocenters. The minimum Gasteiger partial charge on any atom is -0.103 e. The zero-order valence-electron chi connectivity index (χ0n) is 41.9. The van der Waals surface area contributed by atoms with Crippen LogP contribution in [0.5, 0.6) is 0 Å². The summed E-state index contributed by atoms with van der Waals surface area (Å²) in [5, 5.41) is 0. The third-order valence-corrected chi connectivity index (χ3v) is 14.0. The van der Waals surface area contributed by atoms with Crippen LogP contribution in [0.15, 0.2) is 12.7 Å². The molecule has 0 heterocycles. The molecular weight excluding hydrogens is 709 g/mol. The molecule has 0 fully saturated rings. The Morgan fingerprint density at radius 1 is 0.169 bits per heavy atom. The Kier molecular flexibility index (Phi) is 57.5. The van der Waals surface area contributed by atoms with Crippen LogP contribution in [0.3, 0.4) is 0 Å². The van der Waals surface area contributed by atoms with Crippen molar-refractivity contribution in [2.24, 2.45) is 0 Å². The van der Waals surface area contributed by atoms with E-state index in [9.17, 15) is 0 Å². The van der Waals surface area contributed by atoms with E-state index in [2.05, 4.69) is 19.6 Å². The van der Waals surface area contributed by atoms with Gasteiger partial charge >= 0.3 is 0 Å². The topological polar surface area (TPSA) is 0 Å². The fraction of sp³-hybridized carbons (Fsp3) is 0.966. The highest BCUT2D eigenvalue weighted by Crippen LogP contribution is 2.19. The molecular formula is C59H118. The second-order valence-corrected chi connectivity index (χ2v) is 20.2. The van der Waals surface area contributed by atoms with Crippen LogP contribution in [0.25, 0.3) is 0 Å². The number of rotatable bonds is 56. The van der Waals surface area contributed by atoms with Gasteiger partial charge in [-0.25, -0.2) is 0 Å². The minimum atomic E-state index is 1.21. The molecule has 0 heteroatoms. The summed E-state index contributed by atoms with van der Waals surface area (Å²) >= 11 is 0. The minimum absolute atomic E-state index is 1.21. The lowest BCUT2D eigenvalue weighted by atomic mass is 10.0.